The number of hydrogen-bond donors (Lipinski definition) is 2. The number of aromatic nitrogens is 4. The molecule has 2 rings (SSSR count). The van der Waals surface area contributed by atoms with E-state index in [0.29, 0.717) is 5.75 Å². The predicted octanol–water partition coefficient (Wildman–Crippen LogP) is -0.142. The molecule has 110 valence electrons. The lowest BCUT2D eigenvalue weighted by atomic mass is 10.1. The molecule has 0 aromatic carbocycles. The summed E-state index contributed by atoms with van der Waals surface area (Å²) in [5.41, 5.74) is 4.36. The molecule has 0 radical (unpaired) electrons. The lowest BCUT2D eigenvalue weighted by Crippen LogP contribution is -2.32. The van der Waals surface area contributed by atoms with Gasteiger partial charge in [0.05, 0.1) is 25.5 Å². The van der Waals surface area contributed by atoms with E-state index in [0.717, 1.165) is 24.5 Å². The van der Waals surface area contributed by atoms with E-state index in [1.807, 2.05) is 24.2 Å². The first kappa shape index (κ1) is 14.9. The summed E-state index contributed by atoms with van der Waals surface area (Å²) in [6.07, 6.45) is 1.69. The van der Waals surface area contributed by atoms with Gasteiger partial charge in [0.2, 0.25) is 0 Å². The van der Waals surface area contributed by atoms with Crippen LogP contribution in [0.1, 0.15) is 17.4 Å². The first-order valence-electron chi connectivity index (χ1n) is 6.14. The highest BCUT2D eigenvalue weighted by molar-refractivity contribution is 7.03. The Morgan fingerprint density at radius 2 is 2.35 bits per heavy atom. The zero-order valence-corrected chi connectivity index (χ0v) is 12.6. The minimum Gasteiger partial charge on any atom is -0.493 e. The van der Waals surface area contributed by atoms with Crippen LogP contribution in [0.15, 0.2) is 11.6 Å². The van der Waals surface area contributed by atoms with Crippen molar-refractivity contribution in [3.05, 3.63) is 23.0 Å². The molecular weight excluding hydrogens is 278 g/mol. The number of nitrogens with zero attached hydrogens (tertiary/aromatic N) is 5. The monoisotopic (exact) mass is 297 g/mol. The van der Waals surface area contributed by atoms with Crippen LogP contribution in [0.25, 0.3) is 0 Å². The zero-order valence-electron chi connectivity index (χ0n) is 11.8. The molecular formula is C11H19N7OS. The van der Waals surface area contributed by atoms with Gasteiger partial charge in [-0.2, -0.15) is 5.10 Å². The van der Waals surface area contributed by atoms with Crippen molar-refractivity contribution in [2.24, 2.45) is 5.84 Å². The Labute approximate surface area is 121 Å². The van der Waals surface area contributed by atoms with Crippen LogP contribution in [0.2, 0.25) is 0 Å². The first-order chi connectivity index (χ1) is 9.67. The van der Waals surface area contributed by atoms with Gasteiger partial charge in [0, 0.05) is 11.9 Å². The van der Waals surface area contributed by atoms with Crippen LogP contribution in [0.4, 0.5) is 0 Å². The highest BCUT2D eigenvalue weighted by atomic mass is 32.1. The van der Waals surface area contributed by atoms with Gasteiger partial charge in [-0.1, -0.05) is 4.49 Å². The molecule has 2 aromatic rings. The van der Waals surface area contributed by atoms with Crippen LogP contribution in [-0.4, -0.2) is 52.0 Å². The van der Waals surface area contributed by atoms with Gasteiger partial charge in [0.1, 0.15) is 11.7 Å². The SMILES string of the molecule is COc1cnn(CCN(C)C)c1C(NN)c1csnn1. The first-order valence-corrected chi connectivity index (χ1v) is 6.98. The molecule has 2 heterocycles. The fraction of sp³-hybridized carbons (Fsp3) is 0.545. The standard InChI is InChI=1S/C11H19N7OS/c1-17(2)4-5-18-11(9(19-3)6-13-18)10(14-12)8-7-20-16-15-8/h6-7,10,14H,4-5,12H2,1-3H3. The van der Waals surface area contributed by atoms with E-state index in [2.05, 4.69) is 25.0 Å². The number of ether oxygens (including phenoxy) is 1. The molecule has 0 aliphatic heterocycles. The van der Waals surface area contributed by atoms with E-state index in [4.69, 9.17) is 10.6 Å². The summed E-state index contributed by atoms with van der Waals surface area (Å²) in [6.45, 7) is 1.60. The van der Waals surface area contributed by atoms with Crippen LogP contribution < -0.4 is 16.0 Å². The summed E-state index contributed by atoms with van der Waals surface area (Å²) >= 11 is 1.28. The van der Waals surface area contributed by atoms with Crippen LogP contribution >= 0.6 is 11.5 Å². The van der Waals surface area contributed by atoms with E-state index >= 15 is 0 Å². The van der Waals surface area contributed by atoms with Crippen molar-refractivity contribution < 1.29 is 4.74 Å². The van der Waals surface area contributed by atoms with Gasteiger partial charge in [-0.15, -0.1) is 5.10 Å². The van der Waals surface area contributed by atoms with Crippen LogP contribution in [0.5, 0.6) is 5.75 Å². The predicted molar refractivity (Wildman–Crippen MR) is 76.4 cm³/mol. The number of hydrazine groups is 1. The molecule has 9 heteroatoms. The lowest BCUT2D eigenvalue weighted by molar-refractivity contribution is 0.359. The molecule has 20 heavy (non-hydrogen) atoms. The second-order valence-electron chi connectivity index (χ2n) is 4.55. The summed E-state index contributed by atoms with van der Waals surface area (Å²) in [5, 5.41) is 10.3. The Kier molecular flexibility index (Phi) is 5.01. The Morgan fingerprint density at radius 1 is 1.55 bits per heavy atom. The molecule has 1 atom stereocenters. The summed E-state index contributed by atoms with van der Waals surface area (Å²) in [7, 11) is 5.65. The third-order valence-corrected chi connectivity index (χ3v) is 3.46. The highest BCUT2D eigenvalue weighted by Gasteiger charge is 2.24. The van der Waals surface area contributed by atoms with Gasteiger partial charge in [-0.3, -0.25) is 10.5 Å². The van der Waals surface area contributed by atoms with E-state index in [-0.39, 0.29) is 6.04 Å². The van der Waals surface area contributed by atoms with Gasteiger partial charge in [0.25, 0.3) is 0 Å². The van der Waals surface area contributed by atoms with E-state index in [1.54, 1.807) is 13.3 Å². The fourth-order valence-electron chi connectivity index (χ4n) is 1.90. The van der Waals surface area contributed by atoms with Gasteiger partial charge in [-0.05, 0) is 25.6 Å². The van der Waals surface area contributed by atoms with E-state index < -0.39 is 0 Å². The maximum atomic E-state index is 5.68. The zero-order chi connectivity index (χ0) is 14.5. The van der Waals surface area contributed by atoms with Crippen molar-refractivity contribution in [3.63, 3.8) is 0 Å². The van der Waals surface area contributed by atoms with E-state index in [1.165, 1.54) is 11.5 Å². The second kappa shape index (κ2) is 6.75. The highest BCUT2D eigenvalue weighted by Crippen LogP contribution is 2.28. The van der Waals surface area contributed by atoms with E-state index in [9.17, 15) is 0 Å². The Morgan fingerprint density at radius 3 is 2.90 bits per heavy atom. The molecule has 8 nitrogen and oxygen atoms in total. The summed E-state index contributed by atoms with van der Waals surface area (Å²) in [5.74, 6) is 6.36. The molecule has 0 saturated carbocycles. The van der Waals surface area contributed by atoms with Crippen LogP contribution in [0.3, 0.4) is 0 Å². The third kappa shape index (κ3) is 3.12. The maximum absolute atomic E-state index is 5.68. The van der Waals surface area contributed by atoms with Crippen molar-refractivity contribution in [2.75, 3.05) is 27.7 Å². The Bertz CT molecular complexity index is 525. The van der Waals surface area contributed by atoms with Gasteiger partial charge in [0.15, 0.2) is 5.75 Å². The normalized spacial score (nSPS) is 12.8. The Hall–Kier alpha value is -1.55. The van der Waals surface area contributed by atoms with Crippen molar-refractivity contribution in [2.45, 2.75) is 12.6 Å². The maximum Gasteiger partial charge on any atom is 0.162 e. The molecule has 3 N–H and O–H groups in total. The molecule has 0 saturated heterocycles. The van der Waals surface area contributed by atoms with Gasteiger partial charge < -0.3 is 9.64 Å². The molecule has 0 amide bonds. The number of methoxy groups -OCH3 is 1. The van der Waals surface area contributed by atoms with Crippen molar-refractivity contribution in [3.8, 4) is 5.75 Å². The number of nitrogens with two attached hydrogens (primary N) is 1. The third-order valence-electron chi connectivity index (χ3n) is 2.94. The molecule has 0 spiro atoms. The fourth-order valence-corrected chi connectivity index (χ4v) is 2.38. The summed E-state index contributed by atoms with van der Waals surface area (Å²) < 4.78 is 11.1. The van der Waals surface area contributed by atoms with Gasteiger partial charge >= 0.3 is 0 Å². The molecule has 2 aromatic heterocycles. The molecule has 1 unspecified atom stereocenters. The van der Waals surface area contributed by atoms with Crippen molar-refractivity contribution in [1.82, 2.24) is 29.7 Å². The number of likely N-dealkylation sites (N-methyl/N-ethyl adjacent to an activating group) is 1. The van der Waals surface area contributed by atoms with Crippen LogP contribution in [-0.2, 0) is 6.54 Å². The lowest BCUT2D eigenvalue weighted by Gasteiger charge is -2.18. The molecule has 0 aliphatic carbocycles. The number of rotatable bonds is 7. The van der Waals surface area contributed by atoms with Crippen molar-refractivity contribution in [1.29, 1.82) is 0 Å². The number of nitrogens with one attached hydrogen (secondary N) is 1. The summed E-state index contributed by atoms with van der Waals surface area (Å²) in [4.78, 5) is 2.09. The number of hydrogen-bond acceptors (Lipinski definition) is 8. The topological polar surface area (TPSA) is 94.1 Å². The summed E-state index contributed by atoms with van der Waals surface area (Å²) in [6, 6.07) is -0.298. The largest absolute Gasteiger partial charge is 0.493 e. The Balaban J connectivity index is 2.34. The minimum atomic E-state index is -0.298. The van der Waals surface area contributed by atoms with Crippen molar-refractivity contribution >= 4 is 11.5 Å². The average Bonchev–Trinajstić information content (AvgIpc) is 3.07. The van der Waals surface area contributed by atoms with Gasteiger partial charge in [-0.25, -0.2) is 5.43 Å². The molecule has 0 fully saturated rings. The quantitative estimate of drug-likeness (QED) is 0.542. The second-order valence-corrected chi connectivity index (χ2v) is 5.16. The molecule has 0 bridgehead atoms. The van der Waals surface area contributed by atoms with Crippen LogP contribution in [0, 0.1) is 0 Å². The average molecular weight is 297 g/mol. The minimum absolute atomic E-state index is 0.298. The molecule has 0 aliphatic rings. The smallest absolute Gasteiger partial charge is 0.162 e.